The maximum absolute atomic E-state index is 14.4. The molecule has 0 aliphatic carbocycles. The number of carbonyl (C=O) groups is 17. The first kappa shape index (κ1) is 98.8. The lowest BCUT2D eigenvalue weighted by atomic mass is 9.96. The molecule has 0 bridgehead atoms. The number of aliphatic imine (C=N–C) groups is 3. The van der Waals surface area contributed by atoms with Gasteiger partial charge in [-0.2, -0.15) is 0 Å². The molecule has 13 unspecified atom stereocenters. The molecule has 1 aromatic rings. The first-order valence-corrected chi connectivity index (χ1v) is 35.2. The number of carbonyl (C=O) groups excluding carboxylic acids is 12. The van der Waals surface area contributed by atoms with Gasteiger partial charge in [0.05, 0.1) is 12.5 Å². The Kier molecular flexibility index (Phi) is 46.2. The fourth-order valence-corrected chi connectivity index (χ4v) is 9.79. The van der Waals surface area contributed by atoms with Crippen LogP contribution in [0.15, 0.2) is 39.2 Å². The normalized spacial score (nSPS) is 14.2. The molecule has 32 N–H and O–H groups in total. The van der Waals surface area contributed by atoms with Crippen molar-refractivity contribution in [3.05, 3.63) is 29.8 Å². The molecule has 12 amide bonds. The average molecular weight is 1580 g/mol. The summed E-state index contributed by atoms with van der Waals surface area (Å²) in [4.78, 5) is 234. The lowest BCUT2D eigenvalue weighted by molar-refractivity contribution is -0.142. The number of guanidine groups is 3. The topological polar surface area (TPSA) is 775 Å². The van der Waals surface area contributed by atoms with Crippen molar-refractivity contribution in [3.8, 4) is 5.75 Å². The van der Waals surface area contributed by atoms with Crippen molar-refractivity contribution < 1.29 is 112 Å². The third-order valence-electron chi connectivity index (χ3n) is 15.8. The largest absolute Gasteiger partial charge is 0.508 e. The van der Waals surface area contributed by atoms with Crippen LogP contribution in [0.1, 0.15) is 144 Å². The number of hydrogen-bond donors (Lipinski definition) is 25. The van der Waals surface area contributed by atoms with Gasteiger partial charge in [-0.1, -0.05) is 46.2 Å². The van der Waals surface area contributed by atoms with Crippen LogP contribution in [0.5, 0.6) is 5.75 Å². The highest BCUT2D eigenvalue weighted by Gasteiger charge is 2.38. The number of nitrogens with two attached hydrogens (primary N) is 7. The van der Waals surface area contributed by atoms with E-state index in [1.54, 1.807) is 27.7 Å². The van der Waals surface area contributed by atoms with E-state index in [0.717, 1.165) is 13.8 Å². The Morgan fingerprint density at radius 1 is 0.396 bits per heavy atom. The highest BCUT2D eigenvalue weighted by atomic mass is 16.4. The van der Waals surface area contributed by atoms with Crippen LogP contribution in [0, 0.1) is 11.8 Å². The third-order valence-corrected chi connectivity index (χ3v) is 15.8. The number of phenols is 1. The minimum atomic E-state index is -2.11. The molecule has 622 valence electrons. The Bertz CT molecular complexity index is 3430. The molecule has 0 aromatic heterocycles. The van der Waals surface area contributed by atoms with Gasteiger partial charge in [-0.25, -0.2) is 0 Å². The molecule has 111 heavy (non-hydrogen) atoms. The van der Waals surface area contributed by atoms with E-state index in [-0.39, 0.29) is 94.1 Å². The van der Waals surface area contributed by atoms with Crippen LogP contribution in [0.25, 0.3) is 0 Å². The number of aromatic hydroxyl groups is 1. The van der Waals surface area contributed by atoms with E-state index in [0.29, 0.717) is 12.0 Å². The number of carboxylic acid groups (broad SMARTS) is 5. The quantitative estimate of drug-likeness (QED) is 0.0164. The maximum Gasteiger partial charge on any atom is 0.322 e. The van der Waals surface area contributed by atoms with Crippen molar-refractivity contribution in [2.45, 2.75) is 218 Å². The summed E-state index contributed by atoms with van der Waals surface area (Å²) >= 11 is 0. The molecule has 13 atom stereocenters. The number of amides is 12. The van der Waals surface area contributed by atoms with Crippen molar-refractivity contribution in [1.29, 1.82) is 0 Å². The van der Waals surface area contributed by atoms with Gasteiger partial charge in [-0.3, -0.25) is 96.5 Å². The van der Waals surface area contributed by atoms with E-state index in [2.05, 4.69) is 78.8 Å². The second-order valence-corrected chi connectivity index (χ2v) is 26.0. The fraction of sp³-hybridized carbons (Fsp3) is 0.606. The summed E-state index contributed by atoms with van der Waals surface area (Å²) in [6.45, 7) is 10.6. The van der Waals surface area contributed by atoms with Crippen LogP contribution in [-0.2, 0) is 87.9 Å². The number of benzene rings is 1. The lowest BCUT2D eigenvalue weighted by Gasteiger charge is -2.30. The van der Waals surface area contributed by atoms with Gasteiger partial charge in [-0.05, 0) is 108 Å². The van der Waals surface area contributed by atoms with Gasteiger partial charge in [0.1, 0.15) is 78.8 Å². The van der Waals surface area contributed by atoms with Crippen molar-refractivity contribution in [1.82, 2.24) is 63.8 Å². The summed E-state index contributed by atoms with van der Waals surface area (Å²) in [5.41, 5.74) is 38.8. The third kappa shape index (κ3) is 43.4. The Morgan fingerprint density at radius 2 is 0.739 bits per heavy atom. The fourth-order valence-electron chi connectivity index (χ4n) is 9.79. The Morgan fingerprint density at radius 3 is 1.14 bits per heavy atom. The molecule has 0 aliphatic rings. The molecule has 45 heteroatoms. The standard InChI is InChI=1S/C64H106N22O21.C2H4O2/c1-8-31(4)49(86-60(106)42(26-30(2)3)83-55(101)39(14-11-25-74-64(70)71)81-53(99)37(65)12-9-23-72-62(66)67)61(107)82-41(20-22-46(90)91)57(103)85-44(28-47(92)93)59(105)78-34(7)52(98)80-40(19-21-45(88)89)56(102)84-43(27-35-15-17-36(87)18-16-35)58(104)77-32(5)50(96)76-33(6)51(97)79-38(13-10-24-73-63(68)69)54(100)75-29-48(94)95;1-2(3)4/h15-18,30-34,37-44,49,87H,8-14,19-29,65H2,1-7H3,(H,75,100)(H,76,96)(H,77,104)(H,78,105)(H,79,97)(H,80,98)(H,81,99)(H,82,107)(H,83,101)(H,84,102)(H,85,103)(H,86,106)(H,88,89)(H,90,91)(H,92,93)(H,94,95)(H4,66,67,72)(H4,68,69,73)(H4,70,71,74);1H3,(H,3,4). The van der Waals surface area contributed by atoms with Crippen molar-refractivity contribution in [3.63, 3.8) is 0 Å². The molecular formula is C66H110N22O23. The smallest absolute Gasteiger partial charge is 0.322 e. The average Bonchev–Trinajstić information content (AvgIpc) is 0.835. The molecular weight excluding hydrogens is 1470 g/mol. The molecule has 0 saturated carbocycles. The summed E-state index contributed by atoms with van der Waals surface area (Å²) in [7, 11) is 0. The van der Waals surface area contributed by atoms with E-state index in [9.17, 15) is 97.1 Å². The van der Waals surface area contributed by atoms with Crippen LogP contribution >= 0.6 is 0 Å². The van der Waals surface area contributed by atoms with Gasteiger partial charge in [0.25, 0.3) is 5.97 Å². The first-order chi connectivity index (χ1) is 51.8. The molecule has 0 heterocycles. The monoisotopic (exact) mass is 1580 g/mol. The maximum atomic E-state index is 14.4. The molecule has 0 aliphatic heterocycles. The van der Waals surface area contributed by atoms with Crippen LogP contribution in [0.2, 0.25) is 0 Å². The summed E-state index contributed by atoms with van der Waals surface area (Å²) in [5.74, 6) is -21.4. The zero-order valence-corrected chi connectivity index (χ0v) is 63.1. The van der Waals surface area contributed by atoms with Crippen molar-refractivity contribution in [2.24, 2.45) is 66.9 Å². The zero-order valence-electron chi connectivity index (χ0n) is 63.1. The first-order valence-electron chi connectivity index (χ1n) is 35.2. The number of carboxylic acids is 5. The van der Waals surface area contributed by atoms with E-state index in [1.807, 2.05) is 0 Å². The Balaban J connectivity index is 0.0000295. The number of nitrogens with zero attached hydrogens (tertiary/aromatic N) is 3. The molecule has 0 fully saturated rings. The Hall–Kier alpha value is -12.2. The van der Waals surface area contributed by atoms with Crippen molar-refractivity contribution >= 4 is 119 Å². The minimum Gasteiger partial charge on any atom is -0.508 e. The molecule has 45 nitrogen and oxygen atoms in total. The van der Waals surface area contributed by atoms with Gasteiger partial charge < -0.3 is 135 Å². The summed E-state index contributed by atoms with van der Waals surface area (Å²) in [5, 5.41) is 84.2. The molecule has 0 saturated heterocycles. The predicted octanol–water partition coefficient (Wildman–Crippen LogP) is -7.60. The number of nitrogens with one attached hydrogen (secondary N) is 12. The summed E-state index contributed by atoms with van der Waals surface area (Å²) in [6.07, 6.45) is -3.86. The molecule has 1 rings (SSSR count). The highest BCUT2D eigenvalue weighted by molar-refractivity contribution is 6.00. The van der Waals surface area contributed by atoms with Crippen LogP contribution in [0.3, 0.4) is 0 Å². The summed E-state index contributed by atoms with van der Waals surface area (Å²) < 4.78 is 0. The number of hydrogen-bond acceptors (Lipinski definition) is 22. The van der Waals surface area contributed by atoms with Crippen LogP contribution < -0.4 is 104 Å². The van der Waals surface area contributed by atoms with Crippen LogP contribution in [-0.4, -0.2) is 248 Å². The molecule has 1 aromatic carbocycles. The summed E-state index contributed by atoms with van der Waals surface area (Å²) in [6, 6.07) is -13.6. The zero-order chi connectivity index (χ0) is 84.9. The van der Waals surface area contributed by atoms with Gasteiger partial charge in [0.2, 0.25) is 70.9 Å². The number of phenolic OH excluding ortho intramolecular Hbond substituents is 1. The number of aliphatic carboxylic acids is 5. The van der Waals surface area contributed by atoms with Gasteiger partial charge >= 0.3 is 23.9 Å². The highest BCUT2D eigenvalue weighted by Crippen LogP contribution is 2.16. The number of rotatable bonds is 51. The second kappa shape index (κ2) is 51.9. The van der Waals surface area contributed by atoms with E-state index >= 15 is 0 Å². The van der Waals surface area contributed by atoms with Gasteiger partial charge in [-0.15, -0.1) is 0 Å². The van der Waals surface area contributed by atoms with Gasteiger partial charge in [0, 0.05) is 45.8 Å². The van der Waals surface area contributed by atoms with Gasteiger partial charge in [0.15, 0.2) is 17.9 Å². The SMILES string of the molecule is CC(=O)O.CCC(C)C(NC(=O)C(CC(C)C)NC(=O)C(CCCN=C(N)N)NC(=O)C(N)CCCN=C(N)N)C(=O)NC(CCC(=O)O)C(=O)NC(CC(=O)O)C(=O)NC(C)C(=O)NC(CCC(=O)O)C(=O)NC(Cc1ccc(O)cc1)C(=O)NC(C)C(=O)NC(C)C(=O)NC(CCCN=C(N)N)C(=O)NCC(=O)O. The lowest BCUT2D eigenvalue weighted by Crippen LogP contribution is -2.61. The van der Waals surface area contributed by atoms with Crippen LogP contribution in [0.4, 0.5) is 0 Å². The Labute approximate surface area is 639 Å². The van der Waals surface area contributed by atoms with Crippen molar-refractivity contribution in [2.75, 3.05) is 26.2 Å². The van der Waals surface area contributed by atoms with E-state index in [1.165, 1.54) is 38.1 Å². The van der Waals surface area contributed by atoms with E-state index in [4.69, 9.17) is 55.1 Å². The predicted molar refractivity (Wildman–Crippen MR) is 397 cm³/mol. The minimum absolute atomic E-state index is 0.0302. The molecule has 0 radical (unpaired) electrons. The van der Waals surface area contributed by atoms with E-state index < -0.39 is 224 Å². The molecule has 0 spiro atoms. The second-order valence-electron chi connectivity index (χ2n) is 26.0.